The molecule has 0 spiro atoms. The molecule has 2 aromatic carbocycles. The summed E-state index contributed by atoms with van der Waals surface area (Å²) in [7, 11) is 0. The van der Waals surface area contributed by atoms with E-state index in [9.17, 15) is 14.4 Å². The minimum Gasteiger partial charge on any atom is -0.356 e. The van der Waals surface area contributed by atoms with Crippen LogP contribution in [0, 0.1) is 6.92 Å². The summed E-state index contributed by atoms with van der Waals surface area (Å²) in [5, 5.41) is 5.84. The van der Waals surface area contributed by atoms with Gasteiger partial charge in [0.15, 0.2) is 5.17 Å². The third-order valence-electron chi connectivity index (χ3n) is 6.28. The Balaban J connectivity index is 1.50. The lowest BCUT2D eigenvalue weighted by Crippen LogP contribution is -2.43. The SMILES string of the molecule is CCCCNC(=O)C[C@@H]1N=C2c3ccccc3N=C(S[C@@H](CC)C(=O)NCc3ccc(C)cc3)N2C1=O. The number of amides is 3. The molecule has 0 aliphatic carbocycles. The molecule has 0 unspecified atom stereocenters. The third kappa shape index (κ3) is 6.28. The Kier molecular flexibility index (Phi) is 8.76. The fourth-order valence-electron chi connectivity index (χ4n) is 4.12. The van der Waals surface area contributed by atoms with E-state index in [0.29, 0.717) is 36.2 Å². The maximum absolute atomic E-state index is 13.4. The smallest absolute Gasteiger partial charge is 0.259 e. The highest BCUT2D eigenvalue weighted by molar-refractivity contribution is 8.15. The summed E-state index contributed by atoms with van der Waals surface area (Å²) in [5.41, 5.74) is 3.62. The van der Waals surface area contributed by atoms with Crippen molar-refractivity contribution in [2.45, 2.75) is 64.3 Å². The molecule has 8 nitrogen and oxygen atoms in total. The molecule has 0 radical (unpaired) electrons. The van der Waals surface area contributed by atoms with Gasteiger partial charge in [0.1, 0.15) is 11.9 Å². The van der Waals surface area contributed by atoms with Crippen LogP contribution in [0.1, 0.15) is 56.2 Å². The molecule has 0 saturated heterocycles. The molecule has 2 aliphatic rings. The van der Waals surface area contributed by atoms with Crippen LogP contribution in [0.15, 0.2) is 58.5 Å². The highest BCUT2D eigenvalue weighted by atomic mass is 32.2. The molecular formula is C28H33N5O3S. The van der Waals surface area contributed by atoms with Gasteiger partial charge in [0.2, 0.25) is 11.8 Å². The maximum Gasteiger partial charge on any atom is 0.259 e. The molecule has 0 fully saturated rings. The van der Waals surface area contributed by atoms with Crippen LogP contribution in [0.3, 0.4) is 0 Å². The fourth-order valence-corrected chi connectivity index (χ4v) is 5.17. The van der Waals surface area contributed by atoms with Crippen molar-refractivity contribution in [2.75, 3.05) is 6.54 Å². The van der Waals surface area contributed by atoms with Crippen molar-refractivity contribution in [3.63, 3.8) is 0 Å². The van der Waals surface area contributed by atoms with Crippen molar-refractivity contribution in [2.24, 2.45) is 9.98 Å². The van der Waals surface area contributed by atoms with Crippen LogP contribution in [-0.2, 0) is 20.9 Å². The number of hydrogen-bond acceptors (Lipinski definition) is 6. The third-order valence-corrected chi connectivity index (χ3v) is 7.59. The second kappa shape index (κ2) is 12.2. The summed E-state index contributed by atoms with van der Waals surface area (Å²) in [6, 6.07) is 14.7. The van der Waals surface area contributed by atoms with Crippen molar-refractivity contribution in [1.29, 1.82) is 0 Å². The molecule has 0 saturated carbocycles. The zero-order chi connectivity index (χ0) is 26.4. The van der Waals surface area contributed by atoms with Gasteiger partial charge in [0.05, 0.1) is 17.4 Å². The first-order valence-corrected chi connectivity index (χ1v) is 13.7. The van der Waals surface area contributed by atoms with Crippen molar-refractivity contribution in [3.8, 4) is 0 Å². The average molecular weight is 520 g/mol. The van der Waals surface area contributed by atoms with Crippen LogP contribution in [0.5, 0.6) is 0 Å². The molecular weight excluding hydrogens is 486 g/mol. The number of hydrogen-bond donors (Lipinski definition) is 2. The van der Waals surface area contributed by atoms with E-state index in [2.05, 4.69) is 22.5 Å². The summed E-state index contributed by atoms with van der Waals surface area (Å²) >= 11 is 1.25. The summed E-state index contributed by atoms with van der Waals surface area (Å²) < 4.78 is 0. The average Bonchev–Trinajstić information content (AvgIpc) is 3.23. The number of carbonyl (C=O) groups excluding carboxylic acids is 3. The van der Waals surface area contributed by atoms with Gasteiger partial charge in [-0.3, -0.25) is 19.4 Å². The molecule has 2 atom stereocenters. The predicted molar refractivity (Wildman–Crippen MR) is 148 cm³/mol. The second-order valence-electron chi connectivity index (χ2n) is 9.18. The van der Waals surface area contributed by atoms with Crippen molar-refractivity contribution < 1.29 is 14.4 Å². The number of rotatable bonds is 10. The number of aliphatic imine (C=N–C) groups is 2. The molecule has 0 aromatic heterocycles. The highest BCUT2D eigenvalue weighted by Gasteiger charge is 2.43. The van der Waals surface area contributed by atoms with E-state index in [1.807, 2.05) is 62.4 Å². The number of aryl methyl sites for hydroxylation is 1. The van der Waals surface area contributed by atoms with E-state index in [4.69, 9.17) is 4.99 Å². The zero-order valence-electron chi connectivity index (χ0n) is 21.5. The number of unbranched alkanes of at least 4 members (excludes halogenated alkanes) is 1. The van der Waals surface area contributed by atoms with Gasteiger partial charge in [-0.05, 0) is 37.5 Å². The standard InChI is InChI=1S/C28H33N5O3S/c1-4-6-15-29-24(34)16-22-27(36)33-25(31-22)20-9-7-8-10-21(20)32-28(33)37-23(5-2)26(35)30-17-19-13-11-18(3)12-14-19/h7-14,22-23H,4-6,15-17H2,1-3H3,(H,29,34)(H,30,35)/t22-,23-/m0/s1. The van der Waals surface area contributed by atoms with Crippen LogP contribution in [0.25, 0.3) is 0 Å². The van der Waals surface area contributed by atoms with Gasteiger partial charge in [0, 0.05) is 18.7 Å². The number of para-hydroxylation sites is 1. The predicted octanol–water partition coefficient (Wildman–Crippen LogP) is 4.09. The lowest BCUT2D eigenvalue weighted by atomic mass is 10.1. The number of thioether (sulfide) groups is 1. The first-order valence-electron chi connectivity index (χ1n) is 12.8. The Bertz CT molecular complexity index is 1220. The number of fused-ring (bicyclic) bond motifs is 3. The van der Waals surface area contributed by atoms with Crippen LogP contribution < -0.4 is 10.6 Å². The number of nitrogens with zero attached hydrogens (tertiary/aromatic N) is 3. The van der Waals surface area contributed by atoms with Gasteiger partial charge < -0.3 is 10.6 Å². The van der Waals surface area contributed by atoms with Crippen molar-refractivity contribution >= 4 is 46.2 Å². The number of amidine groups is 2. The Morgan fingerprint density at radius 2 is 1.84 bits per heavy atom. The van der Waals surface area contributed by atoms with Gasteiger partial charge in [-0.25, -0.2) is 9.89 Å². The number of benzene rings is 2. The number of carbonyl (C=O) groups is 3. The summed E-state index contributed by atoms with van der Waals surface area (Å²) in [4.78, 5) is 49.8. The molecule has 9 heteroatoms. The lowest BCUT2D eigenvalue weighted by molar-refractivity contribution is -0.128. The van der Waals surface area contributed by atoms with E-state index in [1.165, 1.54) is 16.7 Å². The van der Waals surface area contributed by atoms with Gasteiger partial charge in [-0.2, -0.15) is 0 Å². The molecule has 2 aromatic rings. The summed E-state index contributed by atoms with van der Waals surface area (Å²) in [5.74, 6) is -0.125. The normalized spacial score (nSPS) is 16.9. The molecule has 2 aliphatic heterocycles. The molecule has 3 amide bonds. The zero-order valence-corrected chi connectivity index (χ0v) is 22.3. The van der Waals surface area contributed by atoms with Gasteiger partial charge in [-0.1, -0.05) is 74.0 Å². The van der Waals surface area contributed by atoms with Crippen molar-refractivity contribution in [3.05, 3.63) is 65.2 Å². The Morgan fingerprint density at radius 3 is 2.57 bits per heavy atom. The van der Waals surface area contributed by atoms with Crippen LogP contribution >= 0.6 is 11.8 Å². The number of nitrogens with one attached hydrogen (secondary N) is 2. The first kappa shape index (κ1) is 26.6. The van der Waals surface area contributed by atoms with Gasteiger partial charge in [-0.15, -0.1) is 0 Å². The molecule has 2 heterocycles. The largest absolute Gasteiger partial charge is 0.356 e. The monoisotopic (exact) mass is 519 g/mol. The molecule has 4 rings (SSSR count). The van der Waals surface area contributed by atoms with E-state index >= 15 is 0 Å². The highest BCUT2D eigenvalue weighted by Crippen LogP contribution is 2.35. The van der Waals surface area contributed by atoms with E-state index in [1.54, 1.807) is 0 Å². The fraction of sp³-hybridized carbons (Fsp3) is 0.393. The Hall–Kier alpha value is -3.46. The summed E-state index contributed by atoms with van der Waals surface area (Å²) in [6.45, 7) is 7.02. The topological polar surface area (TPSA) is 103 Å². The van der Waals surface area contributed by atoms with Crippen molar-refractivity contribution in [1.82, 2.24) is 15.5 Å². The van der Waals surface area contributed by atoms with Crippen LogP contribution in [0.2, 0.25) is 0 Å². The second-order valence-corrected chi connectivity index (χ2v) is 10.3. The van der Waals surface area contributed by atoms with E-state index in [0.717, 1.165) is 29.5 Å². The van der Waals surface area contributed by atoms with E-state index in [-0.39, 0.29) is 24.1 Å². The quantitative estimate of drug-likeness (QED) is 0.462. The lowest BCUT2D eigenvalue weighted by Gasteiger charge is -2.27. The maximum atomic E-state index is 13.4. The van der Waals surface area contributed by atoms with Crippen LogP contribution in [-0.4, -0.2) is 51.5 Å². The minimum atomic E-state index is -0.816. The van der Waals surface area contributed by atoms with E-state index < -0.39 is 11.3 Å². The molecule has 37 heavy (non-hydrogen) atoms. The summed E-state index contributed by atoms with van der Waals surface area (Å²) in [6.07, 6.45) is 2.40. The Morgan fingerprint density at radius 1 is 1.08 bits per heavy atom. The van der Waals surface area contributed by atoms with Crippen LogP contribution in [0.4, 0.5) is 5.69 Å². The molecule has 0 bridgehead atoms. The Labute approximate surface area is 222 Å². The minimum absolute atomic E-state index is 0.0170. The van der Waals surface area contributed by atoms with Gasteiger partial charge in [0.25, 0.3) is 5.91 Å². The molecule has 194 valence electrons. The molecule has 2 N–H and O–H groups in total. The van der Waals surface area contributed by atoms with Gasteiger partial charge >= 0.3 is 0 Å². The first-order chi connectivity index (χ1) is 17.9.